The standard InChI is InChI=1S/C13H24N4/c1-3-16(2)8-9-17-11-14-10-13(17)12-6-4-5-7-15-12/h10-12,15H,3-9H2,1-2H3. The first-order chi connectivity index (χ1) is 8.31. The number of rotatable bonds is 5. The van der Waals surface area contributed by atoms with E-state index in [1.165, 1.54) is 25.0 Å². The lowest BCUT2D eigenvalue weighted by Crippen LogP contribution is -2.30. The second-order valence-electron chi connectivity index (χ2n) is 4.91. The van der Waals surface area contributed by atoms with Crippen molar-refractivity contribution >= 4 is 0 Å². The zero-order valence-electron chi connectivity index (χ0n) is 11.0. The summed E-state index contributed by atoms with van der Waals surface area (Å²) in [5.74, 6) is 0. The van der Waals surface area contributed by atoms with Crippen LogP contribution in [0, 0.1) is 0 Å². The molecule has 0 bridgehead atoms. The van der Waals surface area contributed by atoms with Crippen LogP contribution in [0.3, 0.4) is 0 Å². The van der Waals surface area contributed by atoms with Gasteiger partial charge in [-0.2, -0.15) is 0 Å². The summed E-state index contributed by atoms with van der Waals surface area (Å²) in [6.07, 6.45) is 7.88. The Labute approximate surface area is 104 Å². The van der Waals surface area contributed by atoms with Gasteiger partial charge in [-0.1, -0.05) is 13.3 Å². The molecular formula is C13H24N4. The molecule has 1 aliphatic rings. The van der Waals surface area contributed by atoms with E-state index < -0.39 is 0 Å². The van der Waals surface area contributed by atoms with Crippen LogP contribution in [0.1, 0.15) is 37.9 Å². The third-order valence-electron chi connectivity index (χ3n) is 3.67. The quantitative estimate of drug-likeness (QED) is 0.844. The molecule has 1 unspecified atom stereocenters. The molecule has 4 heteroatoms. The molecule has 0 radical (unpaired) electrons. The highest BCUT2D eigenvalue weighted by Crippen LogP contribution is 2.22. The largest absolute Gasteiger partial charge is 0.332 e. The molecular weight excluding hydrogens is 212 g/mol. The summed E-state index contributed by atoms with van der Waals surface area (Å²) in [7, 11) is 2.16. The van der Waals surface area contributed by atoms with Gasteiger partial charge in [0, 0.05) is 25.3 Å². The normalized spacial score (nSPS) is 21.0. The monoisotopic (exact) mass is 236 g/mol. The van der Waals surface area contributed by atoms with Gasteiger partial charge in [-0.25, -0.2) is 4.98 Å². The summed E-state index contributed by atoms with van der Waals surface area (Å²) in [5, 5.41) is 3.59. The third kappa shape index (κ3) is 3.30. The van der Waals surface area contributed by atoms with E-state index >= 15 is 0 Å². The van der Waals surface area contributed by atoms with E-state index in [1.807, 2.05) is 12.5 Å². The number of piperidine rings is 1. The number of likely N-dealkylation sites (N-methyl/N-ethyl adjacent to an activating group) is 1. The Morgan fingerprint density at radius 2 is 2.41 bits per heavy atom. The lowest BCUT2D eigenvalue weighted by molar-refractivity contribution is 0.326. The summed E-state index contributed by atoms with van der Waals surface area (Å²) in [4.78, 5) is 6.64. The Kier molecular flexibility index (Phi) is 4.57. The first-order valence-corrected chi connectivity index (χ1v) is 6.73. The Morgan fingerprint density at radius 3 is 3.12 bits per heavy atom. The maximum atomic E-state index is 4.31. The van der Waals surface area contributed by atoms with Crippen molar-refractivity contribution in [2.45, 2.75) is 38.8 Å². The van der Waals surface area contributed by atoms with Crippen LogP contribution in [-0.4, -0.2) is 41.1 Å². The molecule has 1 aliphatic heterocycles. The van der Waals surface area contributed by atoms with Crippen molar-refractivity contribution in [1.29, 1.82) is 0 Å². The zero-order chi connectivity index (χ0) is 12.1. The van der Waals surface area contributed by atoms with Crippen molar-refractivity contribution in [3.05, 3.63) is 18.2 Å². The molecule has 1 N–H and O–H groups in total. The topological polar surface area (TPSA) is 33.1 Å². The molecule has 1 fully saturated rings. The fourth-order valence-electron chi connectivity index (χ4n) is 2.35. The molecule has 1 aromatic heterocycles. The maximum Gasteiger partial charge on any atom is 0.0949 e. The Balaban J connectivity index is 1.95. The number of aromatic nitrogens is 2. The SMILES string of the molecule is CCN(C)CCn1cncc1C1CCCCN1. The molecule has 0 amide bonds. The van der Waals surface area contributed by atoms with Gasteiger partial charge in [0.15, 0.2) is 0 Å². The van der Waals surface area contributed by atoms with Gasteiger partial charge >= 0.3 is 0 Å². The number of nitrogens with zero attached hydrogens (tertiary/aromatic N) is 3. The van der Waals surface area contributed by atoms with Gasteiger partial charge in [0.2, 0.25) is 0 Å². The van der Waals surface area contributed by atoms with Gasteiger partial charge < -0.3 is 14.8 Å². The molecule has 0 spiro atoms. The third-order valence-corrected chi connectivity index (χ3v) is 3.67. The highest BCUT2D eigenvalue weighted by atomic mass is 15.1. The summed E-state index contributed by atoms with van der Waals surface area (Å²) in [5.41, 5.74) is 1.36. The smallest absolute Gasteiger partial charge is 0.0949 e. The van der Waals surface area contributed by atoms with E-state index in [9.17, 15) is 0 Å². The van der Waals surface area contributed by atoms with Crippen LogP contribution in [0.2, 0.25) is 0 Å². The van der Waals surface area contributed by atoms with Crippen molar-refractivity contribution in [3.63, 3.8) is 0 Å². The second-order valence-corrected chi connectivity index (χ2v) is 4.91. The molecule has 2 heterocycles. The fraction of sp³-hybridized carbons (Fsp3) is 0.769. The number of imidazole rings is 1. The summed E-state index contributed by atoms with van der Waals surface area (Å²) < 4.78 is 2.30. The van der Waals surface area contributed by atoms with E-state index in [4.69, 9.17) is 0 Å². The molecule has 0 aromatic carbocycles. The van der Waals surface area contributed by atoms with Gasteiger partial charge in [-0.3, -0.25) is 0 Å². The van der Waals surface area contributed by atoms with Crippen LogP contribution < -0.4 is 5.32 Å². The first kappa shape index (κ1) is 12.6. The predicted molar refractivity (Wildman–Crippen MR) is 70.0 cm³/mol. The van der Waals surface area contributed by atoms with Crippen molar-refractivity contribution in [2.24, 2.45) is 0 Å². The molecule has 0 saturated carbocycles. The van der Waals surface area contributed by atoms with Crippen molar-refractivity contribution in [2.75, 3.05) is 26.7 Å². The Bertz CT molecular complexity index is 328. The minimum absolute atomic E-state index is 0.512. The molecule has 4 nitrogen and oxygen atoms in total. The lowest BCUT2D eigenvalue weighted by atomic mass is 10.0. The lowest BCUT2D eigenvalue weighted by Gasteiger charge is -2.25. The molecule has 1 saturated heterocycles. The van der Waals surface area contributed by atoms with Gasteiger partial charge in [0.05, 0.1) is 12.0 Å². The minimum Gasteiger partial charge on any atom is -0.332 e. The predicted octanol–water partition coefficient (Wildman–Crippen LogP) is 1.65. The average molecular weight is 236 g/mol. The number of hydrogen-bond acceptors (Lipinski definition) is 3. The van der Waals surface area contributed by atoms with Gasteiger partial charge in [-0.15, -0.1) is 0 Å². The van der Waals surface area contributed by atoms with E-state index in [0.717, 1.165) is 26.2 Å². The van der Waals surface area contributed by atoms with E-state index in [2.05, 4.69) is 33.7 Å². The second kappa shape index (κ2) is 6.17. The Hall–Kier alpha value is -0.870. The van der Waals surface area contributed by atoms with Crippen LogP contribution in [-0.2, 0) is 6.54 Å². The van der Waals surface area contributed by atoms with Gasteiger partial charge in [0.1, 0.15) is 0 Å². The van der Waals surface area contributed by atoms with Crippen LogP contribution >= 0.6 is 0 Å². The van der Waals surface area contributed by atoms with Crippen molar-refractivity contribution in [1.82, 2.24) is 19.8 Å². The molecule has 1 aromatic rings. The highest BCUT2D eigenvalue weighted by molar-refractivity contribution is 5.06. The zero-order valence-corrected chi connectivity index (χ0v) is 11.0. The summed E-state index contributed by atoms with van der Waals surface area (Å²) >= 11 is 0. The number of hydrogen-bond donors (Lipinski definition) is 1. The molecule has 2 rings (SSSR count). The Morgan fingerprint density at radius 1 is 1.53 bits per heavy atom. The van der Waals surface area contributed by atoms with E-state index in [0.29, 0.717) is 6.04 Å². The van der Waals surface area contributed by atoms with Gasteiger partial charge in [-0.05, 0) is 33.0 Å². The summed E-state index contributed by atoms with van der Waals surface area (Å²) in [6.45, 7) is 6.57. The summed E-state index contributed by atoms with van der Waals surface area (Å²) in [6, 6.07) is 0.512. The van der Waals surface area contributed by atoms with Gasteiger partial charge in [0.25, 0.3) is 0 Å². The number of nitrogens with one attached hydrogen (secondary N) is 1. The molecule has 17 heavy (non-hydrogen) atoms. The molecule has 1 atom stereocenters. The van der Waals surface area contributed by atoms with Crippen LogP contribution in [0.5, 0.6) is 0 Å². The van der Waals surface area contributed by atoms with Crippen LogP contribution in [0.15, 0.2) is 12.5 Å². The average Bonchev–Trinajstić information content (AvgIpc) is 2.85. The first-order valence-electron chi connectivity index (χ1n) is 6.73. The van der Waals surface area contributed by atoms with Crippen LogP contribution in [0.4, 0.5) is 0 Å². The fourth-order valence-corrected chi connectivity index (χ4v) is 2.35. The van der Waals surface area contributed by atoms with Crippen LogP contribution in [0.25, 0.3) is 0 Å². The maximum absolute atomic E-state index is 4.31. The van der Waals surface area contributed by atoms with E-state index in [-0.39, 0.29) is 0 Å². The van der Waals surface area contributed by atoms with Crippen molar-refractivity contribution < 1.29 is 0 Å². The highest BCUT2D eigenvalue weighted by Gasteiger charge is 2.18. The van der Waals surface area contributed by atoms with Crippen molar-refractivity contribution in [3.8, 4) is 0 Å². The van der Waals surface area contributed by atoms with E-state index in [1.54, 1.807) is 0 Å². The molecule has 96 valence electrons. The minimum atomic E-state index is 0.512. The molecule has 0 aliphatic carbocycles.